The van der Waals surface area contributed by atoms with Crippen molar-refractivity contribution < 1.29 is 14.3 Å². The number of hydrogen-bond acceptors (Lipinski definition) is 3. The molecule has 3 aromatic carbocycles. The van der Waals surface area contributed by atoms with Crippen molar-refractivity contribution in [3.63, 3.8) is 0 Å². The van der Waals surface area contributed by atoms with Gasteiger partial charge in [-0.2, -0.15) is 0 Å². The highest BCUT2D eigenvalue weighted by atomic mass is 79.9. The molecular formula is C27H30BrNO3. The third kappa shape index (κ3) is 7.13. The number of carbonyl (C=O) groups is 1. The predicted octanol–water partition coefficient (Wildman–Crippen LogP) is 6.99. The standard InChI is InChI=1S/C27H30BrNO3/c1-3-20(2)22-15-16-25(23(28)18-22)32-19-27(30)29-24-13-7-8-14-26(24)31-17-9-12-21-10-5-4-6-11-21/h4-8,10-11,13-16,18,20H,3,9,12,17,19H2,1-2H3,(H,29,30). The summed E-state index contributed by atoms with van der Waals surface area (Å²) in [5.74, 6) is 1.56. The van der Waals surface area contributed by atoms with Crippen molar-refractivity contribution in [1.29, 1.82) is 0 Å². The minimum Gasteiger partial charge on any atom is -0.491 e. The average molecular weight is 496 g/mol. The predicted molar refractivity (Wildman–Crippen MR) is 134 cm³/mol. The van der Waals surface area contributed by atoms with Gasteiger partial charge in [-0.15, -0.1) is 0 Å². The van der Waals surface area contributed by atoms with Crippen LogP contribution in [0.25, 0.3) is 0 Å². The van der Waals surface area contributed by atoms with Crippen molar-refractivity contribution in [2.24, 2.45) is 0 Å². The fourth-order valence-corrected chi connectivity index (χ4v) is 3.82. The van der Waals surface area contributed by atoms with Gasteiger partial charge in [-0.1, -0.05) is 62.4 Å². The molecule has 5 heteroatoms. The molecule has 1 amide bonds. The molecule has 32 heavy (non-hydrogen) atoms. The van der Waals surface area contributed by atoms with Gasteiger partial charge in [0.15, 0.2) is 6.61 Å². The van der Waals surface area contributed by atoms with Crippen molar-refractivity contribution in [2.75, 3.05) is 18.5 Å². The summed E-state index contributed by atoms with van der Waals surface area (Å²) in [7, 11) is 0. The first-order valence-corrected chi connectivity index (χ1v) is 11.8. The minimum absolute atomic E-state index is 0.0797. The molecule has 4 nitrogen and oxygen atoms in total. The summed E-state index contributed by atoms with van der Waals surface area (Å²) in [6, 6.07) is 23.8. The second kappa shape index (κ2) is 12.3. The van der Waals surface area contributed by atoms with Crippen LogP contribution in [0.2, 0.25) is 0 Å². The molecule has 1 N–H and O–H groups in total. The minimum atomic E-state index is -0.233. The number of ether oxygens (including phenoxy) is 2. The van der Waals surface area contributed by atoms with Crippen LogP contribution in [0.3, 0.4) is 0 Å². The highest BCUT2D eigenvalue weighted by Gasteiger charge is 2.11. The molecular weight excluding hydrogens is 466 g/mol. The zero-order chi connectivity index (χ0) is 22.8. The highest BCUT2D eigenvalue weighted by molar-refractivity contribution is 9.10. The van der Waals surface area contributed by atoms with Crippen molar-refractivity contribution in [1.82, 2.24) is 0 Å². The maximum absolute atomic E-state index is 12.5. The summed E-state index contributed by atoms with van der Waals surface area (Å²) >= 11 is 3.55. The molecule has 0 aliphatic rings. The molecule has 0 aliphatic heterocycles. The first kappa shape index (κ1) is 23.9. The summed E-state index contributed by atoms with van der Waals surface area (Å²) in [5.41, 5.74) is 3.18. The van der Waals surface area contributed by atoms with Gasteiger partial charge in [0, 0.05) is 0 Å². The third-order valence-electron chi connectivity index (χ3n) is 5.37. The first-order chi connectivity index (χ1) is 15.6. The van der Waals surface area contributed by atoms with Gasteiger partial charge in [0.25, 0.3) is 5.91 Å². The summed E-state index contributed by atoms with van der Waals surface area (Å²) < 4.78 is 12.5. The molecule has 0 fully saturated rings. The van der Waals surface area contributed by atoms with Gasteiger partial charge in [-0.3, -0.25) is 4.79 Å². The summed E-state index contributed by atoms with van der Waals surface area (Å²) in [6.45, 7) is 4.85. The second-order valence-corrected chi connectivity index (χ2v) is 8.62. The number of aryl methyl sites for hydroxylation is 1. The van der Waals surface area contributed by atoms with E-state index in [2.05, 4.69) is 53.3 Å². The number of amides is 1. The first-order valence-electron chi connectivity index (χ1n) is 11.0. The molecule has 1 atom stereocenters. The number of benzene rings is 3. The molecule has 168 valence electrons. The smallest absolute Gasteiger partial charge is 0.262 e. The van der Waals surface area contributed by atoms with E-state index in [0.717, 1.165) is 23.7 Å². The van der Waals surface area contributed by atoms with Gasteiger partial charge in [-0.25, -0.2) is 0 Å². The Balaban J connectivity index is 1.50. The van der Waals surface area contributed by atoms with E-state index in [1.165, 1.54) is 11.1 Å². The Morgan fingerprint density at radius 2 is 1.72 bits per heavy atom. The molecule has 1 unspecified atom stereocenters. The molecule has 0 spiro atoms. The van der Waals surface area contributed by atoms with Crippen LogP contribution in [0.15, 0.2) is 77.3 Å². The third-order valence-corrected chi connectivity index (χ3v) is 5.99. The van der Waals surface area contributed by atoms with Gasteiger partial charge in [-0.05, 0) is 76.5 Å². The van der Waals surface area contributed by atoms with E-state index in [9.17, 15) is 4.79 Å². The largest absolute Gasteiger partial charge is 0.491 e. The van der Waals surface area contributed by atoms with Crippen LogP contribution in [0, 0.1) is 0 Å². The van der Waals surface area contributed by atoms with Crippen molar-refractivity contribution in [2.45, 2.75) is 39.0 Å². The van der Waals surface area contributed by atoms with Gasteiger partial charge in [0.1, 0.15) is 11.5 Å². The monoisotopic (exact) mass is 495 g/mol. The number of rotatable bonds is 11. The zero-order valence-electron chi connectivity index (χ0n) is 18.6. The fourth-order valence-electron chi connectivity index (χ4n) is 3.30. The topological polar surface area (TPSA) is 47.6 Å². The van der Waals surface area contributed by atoms with E-state index in [-0.39, 0.29) is 12.5 Å². The van der Waals surface area contributed by atoms with Crippen LogP contribution in [-0.4, -0.2) is 19.1 Å². The summed E-state index contributed by atoms with van der Waals surface area (Å²) in [5, 5.41) is 2.89. The van der Waals surface area contributed by atoms with Crippen molar-refractivity contribution in [3.8, 4) is 11.5 Å². The molecule has 0 saturated heterocycles. The van der Waals surface area contributed by atoms with Crippen LogP contribution >= 0.6 is 15.9 Å². The summed E-state index contributed by atoms with van der Waals surface area (Å²) in [6.07, 6.45) is 2.92. The van der Waals surface area contributed by atoms with Crippen LogP contribution in [0.1, 0.15) is 43.7 Å². The lowest BCUT2D eigenvalue weighted by Gasteiger charge is -2.14. The lowest BCUT2D eigenvalue weighted by atomic mass is 9.99. The van der Waals surface area contributed by atoms with Gasteiger partial charge in [0.2, 0.25) is 0 Å². The lowest BCUT2D eigenvalue weighted by molar-refractivity contribution is -0.118. The summed E-state index contributed by atoms with van der Waals surface area (Å²) in [4.78, 5) is 12.5. The Kier molecular flexibility index (Phi) is 9.17. The van der Waals surface area contributed by atoms with E-state index in [1.54, 1.807) is 0 Å². The Morgan fingerprint density at radius 1 is 0.969 bits per heavy atom. The van der Waals surface area contributed by atoms with Gasteiger partial charge >= 0.3 is 0 Å². The van der Waals surface area contributed by atoms with Gasteiger partial charge in [0.05, 0.1) is 16.8 Å². The number of hydrogen-bond donors (Lipinski definition) is 1. The van der Waals surface area contributed by atoms with Crippen LogP contribution in [-0.2, 0) is 11.2 Å². The number of anilines is 1. The Hall–Kier alpha value is -2.79. The maximum Gasteiger partial charge on any atom is 0.262 e. The van der Waals surface area contributed by atoms with Crippen molar-refractivity contribution >= 4 is 27.5 Å². The molecule has 0 aromatic heterocycles. The van der Waals surface area contributed by atoms with Crippen LogP contribution in [0.5, 0.6) is 11.5 Å². The van der Waals surface area contributed by atoms with E-state index in [4.69, 9.17) is 9.47 Å². The maximum atomic E-state index is 12.5. The Labute approximate surface area is 199 Å². The second-order valence-electron chi connectivity index (χ2n) is 7.77. The molecule has 3 aromatic rings. The number of para-hydroxylation sites is 2. The normalized spacial score (nSPS) is 11.6. The van der Waals surface area contributed by atoms with E-state index in [1.807, 2.05) is 54.6 Å². The van der Waals surface area contributed by atoms with Crippen LogP contribution in [0.4, 0.5) is 5.69 Å². The molecule has 0 radical (unpaired) electrons. The van der Waals surface area contributed by atoms with E-state index >= 15 is 0 Å². The Bertz CT molecular complexity index is 1010. The zero-order valence-corrected chi connectivity index (χ0v) is 20.2. The SMILES string of the molecule is CCC(C)c1ccc(OCC(=O)Nc2ccccc2OCCCc2ccccc2)c(Br)c1. The average Bonchev–Trinajstić information content (AvgIpc) is 2.82. The van der Waals surface area contributed by atoms with Crippen LogP contribution < -0.4 is 14.8 Å². The number of nitrogens with one attached hydrogen (secondary N) is 1. The molecule has 0 heterocycles. The van der Waals surface area contributed by atoms with E-state index < -0.39 is 0 Å². The van der Waals surface area contributed by atoms with Gasteiger partial charge < -0.3 is 14.8 Å². The molecule has 3 rings (SSSR count). The number of carbonyl (C=O) groups excluding carboxylic acids is 1. The highest BCUT2D eigenvalue weighted by Crippen LogP contribution is 2.30. The lowest BCUT2D eigenvalue weighted by Crippen LogP contribution is -2.20. The molecule has 0 aliphatic carbocycles. The molecule has 0 bridgehead atoms. The number of halogens is 1. The Morgan fingerprint density at radius 3 is 2.47 bits per heavy atom. The fraction of sp³-hybridized carbons (Fsp3) is 0.296. The van der Waals surface area contributed by atoms with Crippen molar-refractivity contribution in [3.05, 3.63) is 88.4 Å². The van der Waals surface area contributed by atoms with E-state index in [0.29, 0.717) is 29.7 Å². The quantitative estimate of drug-likeness (QED) is 0.291. The molecule has 0 saturated carbocycles.